The van der Waals surface area contributed by atoms with Crippen LogP contribution in [0.5, 0.6) is 0 Å². The number of imidazole rings is 1. The number of ether oxygens (including phenoxy) is 1. The van der Waals surface area contributed by atoms with Crippen molar-refractivity contribution in [3.05, 3.63) is 40.5 Å². The van der Waals surface area contributed by atoms with Crippen LogP contribution in [0.3, 0.4) is 0 Å². The van der Waals surface area contributed by atoms with E-state index in [1.54, 1.807) is 19.3 Å². The highest BCUT2D eigenvalue weighted by Crippen LogP contribution is 2.31. The summed E-state index contributed by atoms with van der Waals surface area (Å²) in [5, 5.41) is -0.555. The number of allylic oxidation sites excluding steroid dienone is 2. The van der Waals surface area contributed by atoms with Gasteiger partial charge in [0.05, 0.1) is 17.4 Å². The quantitative estimate of drug-likeness (QED) is 0.631. The summed E-state index contributed by atoms with van der Waals surface area (Å²) in [6.45, 7) is 5.50. The smallest absolute Gasteiger partial charge is 0.187 e. The van der Waals surface area contributed by atoms with Gasteiger partial charge in [0.1, 0.15) is 16.5 Å². The number of sulfone groups is 1. The van der Waals surface area contributed by atoms with Gasteiger partial charge in [-0.1, -0.05) is 18.2 Å². The lowest BCUT2D eigenvalue weighted by Gasteiger charge is -2.25. The van der Waals surface area contributed by atoms with E-state index in [0.717, 1.165) is 5.82 Å². The van der Waals surface area contributed by atoms with E-state index in [1.807, 2.05) is 4.57 Å². The molecule has 0 saturated heterocycles. The molecule has 1 aromatic heterocycles. The third-order valence-corrected chi connectivity index (χ3v) is 6.15. The van der Waals surface area contributed by atoms with Gasteiger partial charge in [-0.3, -0.25) is 0 Å². The molecule has 1 atom stereocenters. The van der Waals surface area contributed by atoms with Crippen molar-refractivity contribution in [1.29, 1.82) is 0 Å². The molecule has 0 bridgehead atoms. The Morgan fingerprint density at radius 1 is 1.60 bits per heavy atom. The number of aryl methyl sites for hydroxylation is 1. The lowest BCUT2D eigenvalue weighted by atomic mass is 10.1. The SMILES string of the molecule is C=C(Cl)C(=C(C)OC)S(=O)(=O)C1CCc2nccn2C1. The summed E-state index contributed by atoms with van der Waals surface area (Å²) in [6.07, 6.45) is 4.62. The van der Waals surface area contributed by atoms with Crippen molar-refractivity contribution in [2.75, 3.05) is 7.11 Å². The highest BCUT2D eigenvalue weighted by molar-refractivity contribution is 7.96. The molecule has 1 aromatic rings. The van der Waals surface area contributed by atoms with Crippen molar-refractivity contribution in [2.45, 2.75) is 31.6 Å². The Labute approximate surface area is 123 Å². The first-order valence-corrected chi connectivity index (χ1v) is 8.14. The molecule has 0 spiro atoms. The maximum atomic E-state index is 12.7. The van der Waals surface area contributed by atoms with Crippen LogP contribution in [0.1, 0.15) is 19.2 Å². The average molecular weight is 317 g/mol. The fourth-order valence-corrected chi connectivity index (χ4v) is 4.76. The molecule has 0 saturated carbocycles. The van der Waals surface area contributed by atoms with Gasteiger partial charge in [-0.05, 0) is 13.3 Å². The third-order valence-electron chi connectivity index (χ3n) is 3.49. The van der Waals surface area contributed by atoms with Crippen molar-refractivity contribution >= 4 is 21.4 Å². The first-order chi connectivity index (χ1) is 9.37. The number of hydrogen-bond acceptors (Lipinski definition) is 4. The Bertz CT molecular complexity index is 661. The number of fused-ring (bicyclic) bond motifs is 1. The van der Waals surface area contributed by atoms with E-state index >= 15 is 0 Å². The molecule has 0 aliphatic carbocycles. The molecule has 0 fully saturated rings. The first kappa shape index (κ1) is 15.1. The Morgan fingerprint density at radius 2 is 2.30 bits per heavy atom. The Morgan fingerprint density at radius 3 is 2.90 bits per heavy atom. The minimum absolute atomic E-state index is 0.00441. The molecule has 7 heteroatoms. The van der Waals surface area contributed by atoms with Gasteiger partial charge in [0.15, 0.2) is 9.84 Å². The van der Waals surface area contributed by atoms with Crippen molar-refractivity contribution in [3.8, 4) is 0 Å². The average Bonchev–Trinajstić information content (AvgIpc) is 2.84. The van der Waals surface area contributed by atoms with Crippen LogP contribution in [-0.2, 0) is 27.5 Å². The largest absolute Gasteiger partial charge is 0.500 e. The van der Waals surface area contributed by atoms with Gasteiger partial charge >= 0.3 is 0 Å². The summed E-state index contributed by atoms with van der Waals surface area (Å²) >= 11 is 5.87. The molecule has 1 aliphatic rings. The van der Waals surface area contributed by atoms with Crippen LogP contribution in [0.15, 0.2) is 34.7 Å². The number of aromatic nitrogens is 2. The zero-order valence-corrected chi connectivity index (χ0v) is 13.0. The monoisotopic (exact) mass is 316 g/mol. The topological polar surface area (TPSA) is 61.2 Å². The molecular formula is C13H17ClN2O3S. The number of hydrogen-bond donors (Lipinski definition) is 0. The second kappa shape index (κ2) is 5.61. The summed E-state index contributed by atoms with van der Waals surface area (Å²) in [7, 11) is -2.16. The minimum atomic E-state index is -3.58. The molecule has 110 valence electrons. The molecule has 2 rings (SSSR count). The molecule has 5 nitrogen and oxygen atoms in total. The molecule has 2 heterocycles. The zero-order valence-electron chi connectivity index (χ0n) is 11.5. The van der Waals surface area contributed by atoms with Crippen molar-refractivity contribution in [3.63, 3.8) is 0 Å². The minimum Gasteiger partial charge on any atom is -0.500 e. The van der Waals surface area contributed by atoms with Gasteiger partial charge < -0.3 is 9.30 Å². The van der Waals surface area contributed by atoms with Gasteiger partial charge in [-0.15, -0.1) is 0 Å². The Balaban J connectivity index is 2.39. The Kier molecular flexibility index (Phi) is 4.25. The van der Waals surface area contributed by atoms with Crippen LogP contribution < -0.4 is 0 Å². The molecule has 0 aromatic carbocycles. The predicted molar refractivity (Wildman–Crippen MR) is 78.0 cm³/mol. The number of nitrogens with zero attached hydrogens (tertiary/aromatic N) is 2. The lowest BCUT2D eigenvalue weighted by molar-refractivity contribution is 0.292. The highest BCUT2D eigenvalue weighted by atomic mass is 35.5. The van der Waals surface area contributed by atoms with Crippen molar-refractivity contribution < 1.29 is 13.2 Å². The Hall–Kier alpha value is -1.27. The van der Waals surface area contributed by atoms with Crippen LogP contribution in [0, 0.1) is 0 Å². The molecule has 1 aliphatic heterocycles. The fraction of sp³-hybridized carbons (Fsp3) is 0.462. The molecule has 1 unspecified atom stereocenters. The van der Waals surface area contributed by atoms with Crippen LogP contribution in [0.2, 0.25) is 0 Å². The zero-order chi connectivity index (χ0) is 14.9. The number of rotatable bonds is 4. The summed E-state index contributed by atoms with van der Waals surface area (Å²) < 4.78 is 32.4. The fourth-order valence-electron chi connectivity index (χ4n) is 2.39. The van der Waals surface area contributed by atoms with Gasteiger partial charge in [-0.2, -0.15) is 0 Å². The molecular weight excluding hydrogens is 300 g/mol. The van der Waals surface area contributed by atoms with E-state index in [0.29, 0.717) is 19.4 Å². The van der Waals surface area contributed by atoms with E-state index in [-0.39, 0.29) is 15.7 Å². The number of halogens is 1. The first-order valence-electron chi connectivity index (χ1n) is 6.21. The van der Waals surface area contributed by atoms with E-state index in [9.17, 15) is 8.42 Å². The highest BCUT2D eigenvalue weighted by Gasteiger charge is 2.35. The lowest BCUT2D eigenvalue weighted by Crippen LogP contribution is -2.33. The summed E-state index contributed by atoms with van der Waals surface area (Å²) in [6, 6.07) is 0. The van der Waals surface area contributed by atoms with Gasteiger partial charge in [-0.25, -0.2) is 13.4 Å². The van der Waals surface area contributed by atoms with Crippen molar-refractivity contribution in [1.82, 2.24) is 9.55 Å². The van der Waals surface area contributed by atoms with Gasteiger partial charge in [0, 0.05) is 25.4 Å². The third kappa shape index (κ3) is 2.62. The predicted octanol–water partition coefficient (Wildman–Crippen LogP) is 2.24. The van der Waals surface area contributed by atoms with Crippen molar-refractivity contribution in [2.24, 2.45) is 0 Å². The van der Waals surface area contributed by atoms with Crippen LogP contribution >= 0.6 is 11.6 Å². The summed E-state index contributed by atoms with van der Waals surface area (Å²) in [4.78, 5) is 4.19. The maximum absolute atomic E-state index is 12.7. The molecule has 0 N–H and O–H groups in total. The second-order valence-electron chi connectivity index (χ2n) is 4.70. The van der Waals surface area contributed by atoms with Crippen LogP contribution in [-0.4, -0.2) is 30.3 Å². The molecule has 0 radical (unpaired) electrons. The van der Waals surface area contributed by atoms with Crippen LogP contribution in [0.25, 0.3) is 0 Å². The van der Waals surface area contributed by atoms with E-state index in [4.69, 9.17) is 16.3 Å². The maximum Gasteiger partial charge on any atom is 0.187 e. The van der Waals surface area contributed by atoms with E-state index in [2.05, 4.69) is 11.6 Å². The standard InChI is InChI=1S/C13H17ClN2O3S/c1-9(14)13(10(2)19-3)20(17,18)11-4-5-12-15-6-7-16(12)8-11/h6-7,11H,1,4-5,8H2,2-3H3. The molecule has 20 heavy (non-hydrogen) atoms. The second-order valence-corrected chi connectivity index (χ2v) is 7.32. The van der Waals surface area contributed by atoms with E-state index < -0.39 is 15.1 Å². The van der Waals surface area contributed by atoms with Gasteiger partial charge in [0.25, 0.3) is 0 Å². The van der Waals surface area contributed by atoms with Crippen LogP contribution in [0.4, 0.5) is 0 Å². The number of methoxy groups -OCH3 is 1. The normalized spacial score (nSPS) is 20.1. The summed E-state index contributed by atoms with van der Waals surface area (Å²) in [5.74, 6) is 1.18. The molecule has 0 amide bonds. The van der Waals surface area contributed by atoms with Gasteiger partial charge in [0.2, 0.25) is 0 Å². The summed E-state index contributed by atoms with van der Waals surface area (Å²) in [5.41, 5.74) is 0. The van der Waals surface area contributed by atoms with E-state index in [1.165, 1.54) is 7.11 Å².